The van der Waals surface area contributed by atoms with Gasteiger partial charge in [-0.2, -0.15) is 0 Å². The highest BCUT2D eigenvalue weighted by Crippen LogP contribution is 2.34. The third-order valence-electron chi connectivity index (χ3n) is 4.45. The molecule has 0 spiro atoms. The summed E-state index contributed by atoms with van der Waals surface area (Å²) in [5.41, 5.74) is 0.791. The van der Waals surface area contributed by atoms with Crippen LogP contribution in [-0.4, -0.2) is 43.4 Å². The number of hydrogen-bond acceptors (Lipinski definition) is 4. The van der Waals surface area contributed by atoms with E-state index in [-0.39, 0.29) is 6.04 Å². The standard InChI is InChI=1S/C17H21NO3/c1-12-17(19,21-9-8-18(12)2)15-6-4-14-11-16(20-3)7-5-13(14)10-15/h4-7,10-12,19H,8-9H2,1-3H3. The molecule has 3 rings (SSSR count). The van der Waals surface area contributed by atoms with Gasteiger partial charge in [0.2, 0.25) is 5.79 Å². The van der Waals surface area contributed by atoms with Gasteiger partial charge >= 0.3 is 0 Å². The van der Waals surface area contributed by atoms with E-state index in [1.165, 1.54) is 0 Å². The average Bonchev–Trinajstić information content (AvgIpc) is 2.51. The SMILES string of the molecule is COc1ccc2cc(C3(O)OCCN(C)C3C)ccc2c1. The van der Waals surface area contributed by atoms with Gasteiger partial charge in [-0.15, -0.1) is 0 Å². The topological polar surface area (TPSA) is 41.9 Å². The monoisotopic (exact) mass is 287 g/mol. The summed E-state index contributed by atoms with van der Waals surface area (Å²) in [5, 5.41) is 13.1. The van der Waals surface area contributed by atoms with Crippen molar-refractivity contribution in [3.63, 3.8) is 0 Å². The maximum absolute atomic E-state index is 11.0. The van der Waals surface area contributed by atoms with Gasteiger partial charge in [-0.1, -0.05) is 18.2 Å². The highest BCUT2D eigenvalue weighted by Gasteiger charge is 2.42. The first-order chi connectivity index (χ1) is 10.0. The van der Waals surface area contributed by atoms with Crippen molar-refractivity contribution in [1.29, 1.82) is 0 Å². The number of aliphatic hydroxyl groups is 1. The molecule has 1 fully saturated rings. The van der Waals surface area contributed by atoms with E-state index in [0.29, 0.717) is 6.61 Å². The molecule has 112 valence electrons. The first-order valence-electron chi connectivity index (χ1n) is 7.19. The number of fused-ring (bicyclic) bond motifs is 1. The van der Waals surface area contributed by atoms with Gasteiger partial charge in [-0.3, -0.25) is 4.90 Å². The van der Waals surface area contributed by atoms with Crippen molar-refractivity contribution < 1.29 is 14.6 Å². The average molecular weight is 287 g/mol. The summed E-state index contributed by atoms with van der Waals surface area (Å²) in [6.45, 7) is 3.34. The summed E-state index contributed by atoms with van der Waals surface area (Å²) in [6.07, 6.45) is 0. The zero-order valence-corrected chi connectivity index (χ0v) is 12.7. The molecule has 4 nitrogen and oxygen atoms in total. The fourth-order valence-electron chi connectivity index (χ4n) is 2.86. The Kier molecular flexibility index (Phi) is 3.61. The molecule has 0 aromatic heterocycles. The Morgan fingerprint density at radius 1 is 1.24 bits per heavy atom. The zero-order valence-electron chi connectivity index (χ0n) is 12.7. The van der Waals surface area contributed by atoms with Crippen LogP contribution in [0.4, 0.5) is 0 Å². The van der Waals surface area contributed by atoms with Crippen LogP contribution in [-0.2, 0) is 10.5 Å². The lowest BCUT2D eigenvalue weighted by molar-refractivity contribution is -0.271. The molecule has 2 aromatic rings. The van der Waals surface area contributed by atoms with Crippen LogP contribution < -0.4 is 4.74 Å². The molecule has 0 aliphatic carbocycles. The second-order valence-corrected chi connectivity index (χ2v) is 5.63. The Morgan fingerprint density at radius 2 is 1.95 bits per heavy atom. The van der Waals surface area contributed by atoms with E-state index in [0.717, 1.165) is 28.6 Å². The Labute approximate surface area is 124 Å². The van der Waals surface area contributed by atoms with Gasteiger partial charge in [0.15, 0.2) is 0 Å². The molecule has 0 bridgehead atoms. The molecule has 1 aliphatic heterocycles. The minimum absolute atomic E-state index is 0.0954. The van der Waals surface area contributed by atoms with Gasteiger partial charge in [0.1, 0.15) is 5.75 Å². The van der Waals surface area contributed by atoms with Crippen molar-refractivity contribution in [2.24, 2.45) is 0 Å². The molecule has 1 saturated heterocycles. The molecule has 0 amide bonds. The fraction of sp³-hybridized carbons (Fsp3) is 0.412. The van der Waals surface area contributed by atoms with E-state index in [1.807, 2.05) is 50.4 Å². The largest absolute Gasteiger partial charge is 0.497 e. The minimum Gasteiger partial charge on any atom is -0.497 e. The summed E-state index contributed by atoms with van der Waals surface area (Å²) < 4.78 is 11.0. The quantitative estimate of drug-likeness (QED) is 0.920. The van der Waals surface area contributed by atoms with Crippen LogP contribution in [0.2, 0.25) is 0 Å². The zero-order chi connectivity index (χ0) is 15.0. The second-order valence-electron chi connectivity index (χ2n) is 5.63. The number of hydrogen-bond donors (Lipinski definition) is 1. The predicted molar refractivity (Wildman–Crippen MR) is 82.4 cm³/mol. The molecule has 1 aliphatic rings. The van der Waals surface area contributed by atoms with Crippen LogP contribution in [0.25, 0.3) is 10.8 Å². The Balaban J connectivity index is 2.04. The number of ether oxygens (including phenoxy) is 2. The fourth-order valence-corrected chi connectivity index (χ4v) is 2.86. The number of morpholine rings is 1. The van der Waals surface area contributed by atoms with Crippen LogP contribution >= 0.6 is 0 Å². The van der Waals surface area contributed by atoms with Crippen molar-refractivity contribution >= 4 is 10.8 Å². The van der Waals surface area contributed by atoms with Gasteiger partial charge < -0.3 is 14.6 Å². The third kappa shape index (κ3) is 2.39. The number of nitrogens with zero attached hydrogens (tertiary/aromatic N) is 1. The lowest BCUT2D eigenvalue weighted by Crippen LogP contribution is -2.55. The maximum Gasteiger partial charge on any atom is 0.208 e. The van der Waals surface area contributed by atoms with E-state index >= 15 is 0 Å². The van der Waals surface area contributed by atoms with E-state index in [1.54, 1.807) is 7.11 Å². The molecule has 2 atom stereocenters. The van der Waals surface area contributed by atoms with Crippen molar-refractivity contribution in [2.45, 2.75) is 18.8 Å². The number of rotatable bonds is 2. The highest BCUT2D eigenvalue weighted by atomic mass is 16.6. The third-order valence-corrected chi connectivity index (χ3v) is 4.45. The number of methoxy groups -OCH3 is 1. The van der Waals surface area contributed by atoms with Crippen LogP contribution in [0, 0.1) is 0 Å². The van der Waals surface area contributed by atoms with Crippen molar-refractivity contribution in [3.05, 3.63) is 42.0 Å². The lowest BCUT2D eigenvalue weighted by atomic mass is 9.94. The molecule has 4 heteroatoms. The molecule has 0 radical (unpaired) electrons. The molecular formula is C17H21NO3. The van der Waals surface area contributed by atoms with Crippen molar-refractivity contribution in [3.8, 4) is 5.75 Å². The van der Waals surface area contributed by atoms with Crippen LogP contribution in [0.5, 0.6) is 5.75 Å². The van der Waals surface area contributed by atoms with Gasteiger partial charge in [-0.05, 0) is 42.9 Å². The molecule has 21 heavy (non-hydrogen) atoms. The summed E-state index contributed by atoms with van der Waals surface area (Å²) in [5.74, 6) is -0.433. The van der Waals surface area contributed by atoms with E-state index < -0.39 is 5.79 Å². The Hall–Kier alpha value is -1.62. The lowest BCUT2D eigenvalue weighted by Gasteiger charge is -2.43. The highest BCUT2D eigenvalue weighted by molar-refractivity contribution is 5.84. The predicted octanol–water partition coefficient (Wildman–Crippen LogP) is 2.34. The van der Waals surface area contributed by atoms with E-state index in [4.69, 9.17) is 9.47 Å². The minimum atomic E-state index is -1.26. The summed E-state index contributed by atoms with van der Waals surface area (Å²) in [4.78, 5) is 2.11. The molecular weight excluding hydrogens is 266 g/mol. The van der Waals surface area contributed by atoms with E-state index in [2.05, 4.69) is 4.90 Å². The Morgan fingerprint density at radius 3 is 2.71 bits per heavy atom. The molecule has 2 unspecified atom stereocenters. The van der Waals surface area contributed by atoms with Crippen LogP contribution in [0.1, 0.15) is 12.5 Å². The number of likely N-dealkylation sites (N-methyl/N-ethyl adjacent to an activating group) is 1. The summed E-state index contributed by atoms with van der Waals surface area (Å²) >= 11 is 0. The summed E-state index contributed by atoms with van der Waals surface area (Å²) in [6, 6.07) is 11.7. The van der Waals surface area contributed by atoms with Gasteiger partial charge in [0, 0.05) is 12.1 Å². The van der Waals surface area contributed by atoms with Crippen molar-refractivity contribution in [2.75, 3.05) is 27.3 Å². The van der Waals surface area contributed by atoms with E-state index in [9.17, 15) is 5.11 Å². The van der Waals surface area contributed by atoms with Crippen molar-refractivity contribution in [1.82, 2.24) is 4.90 Å². The normalized spacial score (nSPS) is 27.0. The summed E-state index contributed by atoms with van der Waals surface area (Å²) in [7, 11) is 3.66. The van der Waals surface area contributed by atoms with Crippen LogP contribution in [0.3, 0.4) is 0 Å². The molecule has 2 aromatic carbocycles. The first-order valence-corrected chi connectivity index (χ1v) is 7.19. The molecule has 0 saturated carbocycles. The first kappa shape index (κ1) is 14.3. The number of benzene rings is 2. The Bertz CT molecular complexity index is 658. The van der Waals surface area contributed by atoms with Gasteiger partial charge in [0.25, 0.3) is 0 Å². The smallest absolute Gasteiger partial charge is 0.208 e. The van der Waals surface area contributed by atoms with Gasteiger partial charge in [0.05, 0.1) is 19.8 Å². The molecule has 1 heterocycles. The second kappa shape index (κ2) is 5.30. The van der Waals surface area contributed by atoms with Gasteiger partial charge in [-0.25, -0.2) is 0 Å². The maximum atomic E-state index is 11.0. The molecule has 1 N–H and O–H groups in total. The van der Waals surface area contributed by atoms with Crippen LogP contribution in [0.15, 0.2) is 36.4 Å².